The number of likely N-dealkylation sites (tertiary alicyclic amines) is 1. The second-order valence-corrected chi connectivity index (χ2v) is 6.30. The molecule has 0 aromatic carbocycles. The van der Waals surface area contributed by atoms with Gasteiger partial charge in [-0.25, -0.2) is 0 Å². The molecule has 1 saturated heterocycles. The third kappa shape index (κ3) is 2.55. The molecule has 1 N–H and O–H groups in total. The number of rotatable bonds is 1. The van der Waals surface area contributed by atoms with E-state index in [0.29, 0.717) is 0 Å². The molecule has 2 rings (SSSR count). The molecule has 18 heavy (non-hydrogen) atoms. The van der Waals surface area contributed by atoms with Crippen molar-refractivity contribution in [3.05, 3.63) is 0 Å². The zero-order valence-corrected chi connectivity index (χ0v) is 11.6. The van der Waals surface area contributed by atoms with Crippen LogP contribution < -0.4 is 0 Å². The number of hydrogen-bond acceptors (Lipinski definition) is 3. The summed E-state index contributed by atoms with van der Waals surface area (Å²) >= 11 is 0. The largest absolute Gasteiger partial charge is 0.388 e. The molecule has 1 aliphatic heterocycles. The van der Waals surface area contributed by atoms with Gasteiger partial charge in [0.2, 0.25) is 0 Å². The predicted molar refractivity (Wildman–Crippen MR) is 72.0 cm³/mol. The van der Waals surface area contributed by atoms with Gasteiger partial charge in [-0.05, 0) is 45.7 Å². The maximum atomic E-state index is 11.1. The monoisotopic (exact) mass is 250 g/mol. The minimum absolute atomic E-state index is 0.477. The summed E-state index contributed by atoms with van der Waals surface area (Å²) in [6.45, 7) is 1.96. The first-order valence-corrected chi connectivity index (χ1v) is 7.44. The van der Waals surface area contributed by atoms with Gasteiger partial charge in [-0.3, -0.25) is 0 Å². The Hall–Kier alpha value is -0.590. The third-order valence-electron chi connectivity index (χ3n) is 5.10. The average molecular weight is 250 g/mol. The molecule has 0 aromatic rings. The van der Waals surface area contributed by atoms with E-state index < -0.39 is 11.0 Å². The first-order chi connectivity index (χ1) is 8.62. The molecule has 102 valence electrons. The highest BCUT2D eigenvalue weighted by atomic mass is 16.3. The van der Waals surface area contributed by atoms with Crippen molar-refractivity contribution in [3.63, 3.8) is 0 Å². The summed E-state index contributed by atoms with van der Waals surface area (Å²) < 4.78 is 0. The Morgan fingerprint density at radius 3 is 2.22 bits per heavy atom. The molecule has 0 bridgehead atoms. The Labute approximate surface area is 111 Å². The summed E-state index contributed by atoms with van der Waals surface area (Å²) in [5, 5.41) is 20.8. The summed E-state index contributed by atoms with van der Waals surface area (Å²) in [6.07, 6.45) is 9.00. The normalized spacial score (nSPS) is 34.3. The minimum atomic E-state index is -0.753. The quantitative estimate of drug-likeness (QED) is 0.728. The smallest absolute Gasteiger partial charge is 0.0860 e. The molecule has 1 aliphatic carbocycles. The molecule has 1 unspecified atom stereocenters. The summed E-state index contributed by atoms with van der Waals surface area (Å²) in [6, 6.07) is 2.54. The van der Waals surface area contributed by atoms with Crippen molar-refractivity contribution >= 4 is 0 Å². The van der Waals surface area contributed by atoms with Crippen molar-refractivity contribution in [2.75, 3.05) is 20.1 Å². The fourth-order valence-corrected chi connectivity index (χ4v) is 3.75. The van der Waals surface area contributed by atoms with Gasteiger partial charge in [0, 0.05) is 6.54 Å². The van der Waals surface area contributed by atoms with Crippen molar-refractivity contribution in [2.24, 2.45) is 5.41 Å². The van der Waals surface area contributed by atoms with Crippen LogP contribution in [0.2, 0.25) is 0 Å². The molecule has 0 spiro atoms. The molecule has 1 saturated carbocycles. The van der Waals surface area contributed by atoms with Gasteiger partial charge in [0.05, 0.1) is 17.1 Å². The van der Waals surface area contributed by atoms with Gasteiger partial charge >= 0.3 is 0 Å². The second-order valence-electron chi connectivity index (χ2n) is 6.30. The van der Waals surface area contributed by atoms with E-state index in [1.54, 1.807) is 0 Å². The van der Waals surface area contributed by atoms with Gasteiger partial charge in [0.1, 0.15) is 0 Å². The van der Waals surface area contributed by atoms with E-state index in [1.807, 2.05) is 0 Å². The molecule has 2 fully saturated rings. The van der Waals surface area contributed by atoms with E-state index in [-0.39, 0.29) is 0 Å². The van der Waals surface area contributed by atoms with Gasteiger partial charge in [-0.2, -0.15) is 5.26 Å². The van der Waals surface area contributed by atoms with Crippen LogP contribution in [0.15, 0.2) is 0 Å². The Kier molecular flexibility index (Phi) is 4.29. The SMILES string of the molecule is CN1CCCC(O)(C2(C#N)CCCCCC2)CC1. The Morgan fingerprint density at radius 2 is 1.61 bits per heavy atom. The molecular formula is C15H26N2O. The molecule has 3 nitrogen and oxygen atoms in total. The standard InChI is InChI=1S/C15H26N2O/c1-17-11-6-9-15(18,10-12-17)14(13-16)7-4-2-3-5-8-14/h18H,2-12H2,1H3. The zero-order chi connectivity index (χ0) is 13.1. The number of aliphatic hydroxyl groups is 1. The van der Waals surface area contributed by atoms with Crippen LogP contribution in [0, 0.1) is 16.7 Å². The first-order valence-electron chi connectivity index (χ1n) is 7.44. The van der Waals surface area contributed by atoms with Crippen LogP contribution in [0.3, 0.4) is 0 Å². The van der Waals surface area contributed by atoms with Crippen LogP contribution in [0.1, 0.15) is 57.8 Å². The van der Waals surface area contributed by atoms with Crippen molar-refractivity contribution in [1.82, 2.24) is 4.90 Å². The topological polar surface area (TPSA) is 47.3 Å². The van der Waals surface area contributed by atoms with Gasteiger partial charge in [-0.1, -0.05) is 25.7 Å². The number of hydrogen-bond donors (Lipinski definition) is 1. The highest BCUT2D eigenvalue weighted by Gasteiger charge is 2.50. The summed E-state index contributed by atoms with van der Waals surface area (Å²) in [7, 11) is 2.11. The van der Waals surface area contributed by atoms with E-state index in [2.05, 4.69) is 18.0 Å². The summed E-state index contributed by atoms with van der Waals surface area (Å²) in [5.74, 6) is 0. The Balaban J connectivity index is 2.21. The molecule has 1 atom stereocenters. The Morgan fingerprint density at radius 1 is 0.944 bits per heavy atom. The van der Waals surface area contributed by atoms with Crippen molar-refractivity contribution in [1.29, 1.82) is 5.26 Å². The van der Waals surface area contributed by atoms with E-state index >= 15 is 0 Å². The van der Waals surface area contributed by atoms with Gasteiger partial charge in [-0.15, -0.1) is 0 Å². The molecule has 2 aliphatic rings. The lowest BCUT2D eigenvalue weighted by molar-refractivity contribution is -0.0735. The van der Waals surface area contributed by atoms with Gasteiger partial charge in [0.15, 0.2) is 0 Å². The molecule has 0 aromatic heterocycles. The lowest BCUT2D eigenvalue weighted by Crippen LogP contribution is -2.48. The number of nitriles is 1. The van der Waals surface area contributed by atoms with Crippen LogP contribution in [-0.4, -0.2) is 35.7 Å². The first kappa shape index (κ1) is 13.8. The molecule has 0 amide bonds. The maximum absolute atomic E-state index is 11.1. The fraction of sp³-hybridized carbons (Fsp3) is 0.933. The zero-order valence-electron chi connectivity index (χ0n) is 11.6. The summed E-state index contributed by atoms with van der Waals surface area (Å²) in [5.41, 5.74) is -1.23. The molecule has 3 heteroatoms. The highest BCUT2D eigenvalue weighted by Crippen LogP contribution is 2.48. The van der Waals surface area contributed by atoms with Crippen LogP contribution in [0.25, 0.3) is 0 Å². The highest BCUT2D eigenvalue weighted by molar-refractivity contribution is 5.12. The van der Waals surface area contributed by atoms with Crippen LogP contribution in [0.4, 0.5) is 0 Å². The molecule has 0 radical (unpaired) electrons. The van der Waals surface area contributed by atoms with E-state index in [9.17, 15) is 10.4 Å². The van der Waals surface area contributed by atoms with E-state index in [4.69, 9.17) is 0 Å². The lowest BCUT2D eigenvalue weighted by Gasteiger charge is -2.42. The predicted octanol–water partition coefficient (Wildman–Crippen LogP) is 2.70. The van der Waals surface area contributed by atoms with Crippen LogP contribution in [0.5, 0.6) is 0 Å². The molecule has 1 heterocycles. The third-order valence-corrected chi connectivity index (χ3v) is 5.10. The number of nitrogens with zero attached hydrogens (tertiary/aromatic N) is 2. The van der Waals surface area contributed by atoms with E-state index in [1.165, 1.54) is 12.8 Å². The van der Waals surface area contributed by atoms with Gasteiger partial charge < -0.3 is 10.0 Å². The van der Waals surface area contributed by atoms with Crippen molar-refractivity contribution < 1.29 is 5.11 Å². The molecular weight excluding hydrogens is 224 g/mol. The lowest BCUT2D eigenvalue weighted by atomic mass is 9.65. The van der Waals surface area contributed by atoms with Crippen molar-refractivity contribution in [2.45, 2.75) is 63.4 Å². The maximum Gasteiger partial charge on any atom is 0.0860 e. The van der Waals surface area contributed by atoms with Gasteiger partial charge in [0.25, 0.3) is 0 Å². The second kappa shape index (κ2) is 5.59. The minimum Gasteiger partial charge on any atom is -0.388 e. The fourth-order valence-electron chi connectivity index (χ4n) is 3.75. The summed E-state index contributed by atoms with van der Waals surface area (Å²) in [4.78, 5) is 2.28. The van der Waals surface area contributed by atoms with E-state index in [0.717, 1.165) is 58.0 Å². The average Bonchev–Trinajstić information content (AvgIpc) is 2.70. The van der Waals surface area contributed by atoms with Crippen molar-refractivity contribution in [3.8, 4) is 6.07 Å². The van der Waals surface area contributed by atoms with Crippen LogP contribution in [-0.2, 0) is 0 Å². The van der Waals surface area contributed by atoms with Crippen LogP contribution >= 0.6 is 0 Å². The Bertz CT molecular complexity index is 315.